The van der Waals surface area contributed by atoms with Gasteiger partial charge in [-0.05, 0) is 29.8 Å². The van der Waals surface area contributed by atoms with Crippen molar-refractivity contribution in [1.29, 1.82) is 0 Å². The van der Waals surface area contributed by atoms with Crippen LogP contribution in [0.3, 0.4) is 0 Å². The summed E-state index contributed by atoms with van der Waals surface area (Å²) in [4.78, 5) is 19.1. The standard InChI is InChI=1S/C18H12F3N3OS/c19-18(20,21)12-3-1-2-10(6-12)8-24-17(25)14-7-11-9-23-16-13(4-5-22-16)15(11)26-14/h1-7,9H,8H2,(H,22,23)(H,24,25)/p+1. The van der Waals surface area contributed by atoms with Gasteiger partial charge in [-0.3, -0.25) is 4.79 Å². The number of amides is 1. The first-order valence-corrected chi connectivity index (χ1v) is 8.59. The van der Waals surface area contributed by atoms with Crippen LogP contribution in [0, 0.1) is 0 Å². The fraction of sp³-hybridized carbons (Fsp3) is 0.111. The largest absolute Gasteiger partial charge is 0.416 e. The Morgan fingerprint density at radius 3 is 2.88 bits per heavy atom. The summed E-state index contributed by atoms with van der Waals surface area (Å²) < 4.78 is 39.3. The molecule has 8 heteroatoms. The lowest BCUT2D eigenvalue weighted by molar-refractivity contribution is -0.345. The normalized spacial score (nSPS) is 12.0. The summed E-state index contributed by atoms with van der Waals surface area (Å²) in [7, 11) is 0. The SMILES string of the molecule is O=C(NCc1cccc(C(F)(F)F)c1)c1cc2c[nH+]c3[nH]ccc3c2s1. The molecule has 3 N–H and O–H groups in total. The van der Waals surface area contributed by atoms with Gasteiger partial charge in [-0.2, -0.15) is 13.2 Å². The number of hydrogen-bond donors (Lipinski definition) is 2. The molecule has 3 aromatic heterocycles. The molecule has 0 saturated heterocycles. The summed E-state index contributed by atoms with van der Waals surface area (Å²) in [5.74, 6) is -0.313. The Bertz CT molecular complexity index is 1110. The number of benzene rings is 1. The van der Waals surface area contributed by atoms with Gasteiger partial charge in [0.2, 0.25) is 0 Å². The number of pyridine rings is 1. The number of alkyl halides is 3. The molecule has 4 rings (SSSR count). The van der Waals surface area contributed by atoms with Gasteiger partial charge in [-0.15, -0.1) is 11.3 Å². The molecule has 0 atom stereocenters. The third-order valence-corrected chi connectivity index (χ3v) is 5.24. The highest BCUT2D eigenvalue weighted by molar-refractivity contribution is 7.21. The number of rotatable bonds is 3. The van der Waals surface area contributed by atoms with Crippen molar-refractivity contribution in [2.24, 2.45) is 0 Å². The Hall–Kier alpha value is -2.87. The van der Waals surface area contributed by atoms with Crippen LogP contribution in [0.1, 0.15) is 20.8 Å². The lowest BCUT2D eigenvalue weighted by atomic mass is 10.1. The van der Waals surface area contributed by atoms with Crippen molar-refractivity contribution in [2.75, 3.05) is 0 Å². The van der Waals surface area contributed by atoms with Crippen molar-refractivity contribution in [3.63, 3.8) is 0 Å². The van der Waals surface area contributed by atoms with Crippen LogP contribution in [0.4, 0.5) is 13.2 Å². The van der Waals surface area contributed by atoms with E-state index in [2.05, 4.69) is 15.3 Å². The van der Waals surface area contributed by atoms with Crippen molar-refractivity contribution in [2.45, 2.75) is 12.7 Å². The molecule has 0 radical (unpaired) electrons. The highest BCUT2D eigenvalue weighted by Crippen LogP contribution is 2.31. The highest BCUT2D eigenvalue weighted by Gasteiger charge is 2.30. The molecule has 0 aliphatic rings. The number of hydrogen-bond acceptors (Lipinski definition) is 2. The lowest BCUT2D eigenvalue weighted by Gasteiger charge is -2.09. The van der Waals surface area contributed by atoms with Gasteiger partial charge in [-0.25, -0.2) is 9.97 Å². The van der Waals surface area contributed by atoms with Crippen LogP contribution in [0.5, 0.6) is 0 Å². The van der Waals surface area contributed by atoms with Crippen molar-refractivity contribution in [3.05, 3.63) is 64.8 Å². The van der Waals surface area contributed by atoms with Gasteiger partial charge in [0.25, 0.3) is 11.6 Å². The Kier molecular flexibility index (Phi) is 3.91. The molecule has 26 heavy (non-hydrogen) atoms. The number of carbonyl (C=O) groups excluding carboxylic acids is 1. The Morgan fingerprint density at radius 1 is 1.23 bits per heavy atom. The van der Waals surface area contributed by atoms with Crippen LogP contribution in [-0.4, -0.2) is 10.9 Å². The van der Waals surface area contributed by atoms with Gasteiger partial charge in [0, 0.05) is 11.9 Å². The van der Waals surface area contributed by atoms with Crippen LogP contribution >= 0.6 is 11.3 Å². The maximum atomic E-state index is 12.8. The average Bonchev–Trinajstić information content (AvgIpc) is 3.24. The van der Waals surface area contributed by atoms with Crippen molar-refractivity contribution in [3.8, 4) is 0 Å². The third kappa shape index (κ3) is 3.03. The quantitative estimate of drug-likeness (QED) is 0.555. The lowest BCUT2D eigenvalue weighted by Crippen LogP contribution is -2.22. The number of aromatic amines is 2. The van der Waals surface area contributed by atoms with Crippen LogP contribution in [0.15, 0.2) is 48.8 Å². The van der Waals surface area contributed by atoms with Crippen LogP contribution in [0.25, 0.3) is 21.1 Å². The van der Waals surface area contributed by atoms with Crippen LogP contribution < -0.4 is 10.3 Å². The summed E-state index contributed by atoms with van der Waals surface area (Å²) >= 11 is 1.35. The molecule has 4 nitrogen and oxygen atoms in total. The predicted molar refractivity (Wildman–Crippen MR) is 92.9 cm³/mol. The molecule has 0 saturated carbocycles. The topological polar surface area (TPSA) is 59.0 Å². The zero-order valence-electron chi connectivity index (χ0n) is 13.3. The minimum atomic E-state index is -4.40. The third-order valence-electron chi connectivity index (χ3n) is 4.06. The zero-order valence-corrected chi connectivity index (χ0v) is 14.1. The van der Waals surface area contributed by atoms with Gasteiger partial charge < -0.3 is 5.32 Å². The second-order valence-electron chi connectivity index (χ2n) is 5.83. The molecule has 0 spiro atoms. The first kappa shape index (κ1) is 16.6. The molecule has 0 aliphatic carbocycles. The monoisotopic (exact) mass is 376 g/mol. The minimum Gasteiger partial charge on any atom is -0.347 e. The Labute approximate surface area is 149 Å². The first-order valence-electron chi connectivity index (χ1n) is 7.77. The smallest absolute Gasteiger partial charge is 0.347 e. The summed E-state index contributed by atoms with van der Waals surface area (Å²) in [6.07, 6.45) is -0.772. The number of thiophene rings is 1. The van der Waals surface area contributed by atoms with E-state index in [1.807, 2.05) is 18.5 Å². The van der Waals surface area contributed by atoms with E-state index in [1.54, 1.807) is 12.1 Å². The van der Waals surface area contributed by atoms with E-state index < -0.39 is 11.7 Å². The summed E-state index contributed by atoms with van der Waals surface area (Å²) in [6.45, 7) is 0.0304. The van der Waals surface area contributed by atoms with E-state index in [9.17, 15) is 18.0 Å². The number of fused-ring (bicyclic) bond motifs is 3. The molecular weight excluding hydrogens is 363 g/mol. The van der Waals surface area contributed by atoms with Crippen LogP contribution in [-0.2, 0) is 12.7 Å². The average molecular weight is 376 g/mol. The predicted octanol–water partition coefficient (Wildman–Crippen LogP) is 4.15. The molecule has 4 aromatic rings. The van der Waals surface area contributed by atoms with E-state index in [0.29, 0.717) is 10.4 Å². The van der Waals surface area contributed by atoms with Gasteiger partial charge in [0.15, 0.2) is 0 Å². The second kappa shape index (κ2) is 6.14. The fourth-order valence-corrected chi connectivity index (χ4v) is 3.88. The van der Waals surface area contributed by atoms with Gasteiger partial charge in [-0.1, -0.05) is 12.1 Å². The molecule has 132 valence electrons. The molecule has 3 heterocycles. The highest BCUT2D eigenvalue weighted by atomic mass is 32.1. The Morgan fingerprint density at radius 2 is 2.08 bits per heavy atom. The van der Waals surface area contributed by atoms with Crippen LogP contribution in [0.2, 0.25) is 0 Å². The van der Waals surface area contributed by atoms with E-state index in [0.717, 1.165) is 33.3 Å². The van der Waals surface area contributed by atoms with Crippen molar-refractivity contribution >= 4 is 38.4 Å². The molecule has 0 unspecified atom stereocenters. The van der Waals surface area contributed by atoms with Gasteiger partial charge in [0.1, 0.15) is 0 Å². The van der Waals surface area contributed by atoms with E-state index in [-0.39, 0.29) is 12.5 Å². The molecule has 1 aromatic carbocycles. The summed E-state index contributed by atoms with van der Waals surface area (Å²) in [5.41, 5.74) is 0.544. The molecule has 0 fully saturated rings. The fourth-order valence-electron chi connectivity index (χ4n) is 2.79. The number of carbonyl (C=O) groups is 1. The second-order valence-corrected chi connectivity index (χ2v) is 6.88. The Balaban J connectivity index is 1.54. The minimum absolute atomic E-state index is 0.0304. The van der Waals surface area contributed by atoms with Gasteiger partial charge >= 0.3 is 6.18 Å². The number of nitrogens with one attached hydrogen (secondary N) is 3. The maximum Gasteiger partial charge on any atom is 0.416 e. The van der Waals surface area contributed by atoms with Crippen molar-refractivity contribution < 1.29 is 22.9 Å². The zero-order chi connectivity index (χ0) is 18.3. The van der Waals surface area contributed by atoms with E-state index >= 15 is 0 Å². The molecular formula is C18H13F3N3OS+. The number of aromatic nitrogens is 2. The molecule has 0 bridgehead atoms. The summed E-state index contributed by atoms with van der Waals surface area (Å²) in [5, 5.41) is 4.58. The number of H-pyrrole nitrogens is 2. The van der Waals surface area contributed by atoms with Crippen molar-refractivity contribution in [1.82, 2.24) is 10.3 Å². The van der Waals surface area contributed by atoms with E-state index in [1.165, 1.54) is 17.4 Å². The first-order chi connectivity index (χ1) is 12.4. The number of halogens is 3. The maximum absolute atomic E-state index is 12.8. The molecule has 0 aliphatic heterocycles. The van der Waals surface area contributed by atoms with E-state index in [4.69, 9.17) is 0 Å². The van der Waals surface area contributed by atoms with Gasteiger partial charge in [0.05, 0.1) is 32.9 Å². The molecule has 1 amide bonds. The summed E-state index contributed by atoms with van der Waals surface area (Å²) in [6, 6.07) is 8.64.